The van der Waals surface area contributed by atoms with Crippen LogP contribution in [0.15, 0.2) is 30.3 Å². The van der Waals surface area contributed by atoms with Crippen molar-refractivity contribution in [2.45, 2.75) is 51.9 Å². The molecule has 0 N–H and O–H groups in total. The molecule has 3 nitrogen and oxygen atoms in total. The zero-order valence-electron chi connectivity index (χ0n) is 12.3. The van der Waals surface area contributed by atoms with Crippen molar-refractivity contribution in [3.05, 3.63) is 35.9 Å². The molecule has 0 amide bonds. The first kappa shape index (κ1) is 16.4. The molecular weight excluding hydrogens is 252 g/mol. The van der Waals surface area contributed by atoms with Crippen molar-refractivity contribution < 1.29 is 14.3 Å². The molecule has 1 rings (SSSR count). The molecular formula is C17H24O3. The van der Waals surface area contributed by atoms with Crippen LogP contribution in [0.5, 0.6) is 0 Å². The van der Waals surface area contributed by atoms with Gasteiger partial charge in [-0.05, 0) is 38.2 Å². The molecule has 20 heavy (non-hydrogen) atoms. The minimum Gasteiger partial charge on any atom is -0.466 e. The summed E-state index contributed by atoms with van der Waals surface area (Å²) >= 11 is 0. The Balaban J connectivity index is 2.02. The predicted molar refractivity (Wildman–Crippen MR) is 79.5 cm³/mol. The standard InChI is InChI=1S/C17H24O3/c1-2-20-17(19)14-7-6-12-16(18)13-8-11-15-9-4-3-5-10-15/h3-5,9-10H,2,6-8,11-14H2,1H3. The molecule has 0 aliphatic carbocycles. The average molecular weight is 276 g/mol. The lowest BCUT2D eigenvalue weighted by Crippen LogP contribution is -2.04. The van der Waals surface area contributed by atoms with E-state index in [4.69, 9.17) is 4.74 Å². The summed E-state index contributed by atoms with van der Waals surface area (Å²) in [5.41, 5.74) is 1.28. The number of hydrogen-bond acceptors (Lipinski definition) is 3. The van der Waals surface area contributed by atoms with Crippen LogP contribution >= 0.6 is 0 Å². The van der Waals surface area contributed by atoms with Crippen molar-refractivity contribution in [1.29, 1.82) is 0 Å². The summed E-state index contributed by atoms with van der Waals surface area (Å²) in [5, 5.41) is 0. The average Bonchev–Trinajstić information content (AvgIpc) is 2.45. The minimum atomic E-state index is -0.163. The monoisotopic (exact) mass is 276 g/mol. The molecule has 1 aromatic carbocycles. The van der Waals surface area contributed by atoms with E-state index in [0.29, 0.717) is 31.7 Å². The number of hydrogen-bond donors (Lipinski definition) is 0. The van der Waals surface area contributed by atoms with E-state index in [9.17, 15) is 9.59 Å². The fourth-order valence-electron chi connectivity index (χ4n) is 2.08. The normalized spacial score (nSPS) is 10.2. The number of unbranched alkanes of at least 4 members (excludes halogenated alkanes) is 1. The number of carbonyl (C=O) groups excluding carboxylic acids is 2. The van der Waals surface area contributed by atoms with Gasteiger partial charge >= 0.3 is 5.97 Å². The lowest BCUT2D eigenvalue weighted by Gasteiger charge is -2.03. The molecule has 0 radical (unpaired) electrons. The largest absolute Gasteiger partial charge is 0.466 e. The van der Waals surface area contributed by atoms with Gasteiger partial charge in [0.15, 0.2) is 0 Å². The highest BCUT2D eigenvalue weighted by Gasteiger charge is 2.05. The number of ketones is 1. The van der Waals surface area contributed by atoms with Crippen molar-refractivity contribution in [3.8, 4) is 0 Å². The highest BCUT2D eigenvalue weighted by Crippen LogP contribution is 2.08. The third kappa shape index (κ3) is 7.72. The van der Waals surface area contributed by atoms with Gasteiger partial charge in [-0.1, -0.05) is 30.3 Å². The Labute approximate surface area is 121 Å². The maximum atomic E-state index is 11.7. The molecule has 0 atom stereocenters. The van der Waals surface area contributed by atoms with Crippen LogP contribution in [0, 0.1) is 0 Å². The van der Waals surface area contributed by atoms with Gasteiger partial charge in [0.1, 0.15) is 5.78 Å². The Morgan fingerprint density at radius 1 is 0.950 bits per heavy atom. The van der Waals surface area contributed by atoms with Gasteiger partial charge in [-0.2, -0.15) is 0 Å². The fraction of sp³-hybridized carbons (Fsp3) is 0.529. The van der Waals surface area contributed by atoms with Gasteiger partial charge in [-0.25, -0.2) is 0 Å². The maximum Gasteiger partial charge on any atom is 0.305 e. The second kappa shape index (κ2) is 10.2. The number of esters is 1. The van der Waals surface area contributed by atoms with E-state index < -0.39 is 0 Å². The molecule has 3 heteroatoms. The van der Waals surface area contributed by atoms with Crippen molar-refractivity contribution in [2.75, 3.05) is 6.61 Å². The highest BCUT2D eigenvalue weighted by atomic mass is 16.5. The fourth-order valence-corrected chi connectivity index (χ4v) is 2.08. The third-order valence-electron chi connectivity index (χ3n) is 3.16. The lowest BCUT2D eigenvalue weighted by atomic mass is 10.0. The SMILES string of the molecule is CCOC(=O)CCCCC(=O)CCCc1ccccc1. The number of aryl methyl sites for hydroxylation is 1. The molecule has 0 aromatic heterocycles. The van der Waals surface area contributed by atoms with Crippen LogP contribution < -0.4 is 0 Å². The van der Waals surface area contributed by atoms with E-state index in [-0.39, 0.29) is 5.97 Å². The van der Waals surface area contributed by atoms with Gasteiger partial charge in [-0.3, -0.25) is 9.59 Å². The summed E-state index contributed by atoms with van der Waals surface area (Å²) in [6.07, 6.45) is 5.01. The van der Waals surface area contributed by atoms with Crippen LogP contribution in [-0.2, 0) is 20.7 Å². The molecule has 0 spiro atoms. The van der Waals surface area contributed by atoms with Crippen LogP contribution in [0.2, 0.25) is 0 Å². The van der Waals surface area contributed by atoms with Crippen molar-refractivity contribution >= 4 is 11.8 Å². The summed E-state index contributed by atoms with van der Waals surface area (Å²) in [5.74, 6) is 0.133. The van der Waals surface area contributed by atoms with Gasteiger partial charge < -0.3 is 4.74 Å². The molecule has 1 aromatic rings. The van der Waals surface area contributed by atoms with Gasteiger partial charge in [0.25, 0.3) is 0 Å². The van der Waals surface area contributed by atoms with E-state index in [1.807, 2.05) is 18.2 Å². The smallest absolute Gasteiger partial charge is 0.305 e. The van der Waals surface area contributed by atoms with Gasteiger partial charge in [0, 0.05) is 19.3 Å². The zero-order chi connectivity index (χ0) is 14.6. The number of carbonyl (C=O) groups is 2. The zero-order valence-corrected chi connectivity index (χ0v) is 12.3. The lowest BCUT2D eigenvalue weighted by molar-refractivity contribution is -0.143. The van der Waals surface area contributed by atoms with E-state index in [0.717, 1.165) is 25.7 Å². The maximum absolute atomic E-state index is 11.7. The Morgan fingerprint density at radius 3 is 2.30 bits per heavy atom. The molecule has 0 aliphatic rings. The first-order valence-corrected chi connectivity index (χ1v) is 7.43. The summed E-state index contributed by atoms with van der Waals surface area (Å²) in [4.78, 5) is 22.8. The molecule has 0 fully saturated rings. The van der Waals surface area contributed by atoms with Crippen molar-refractivity contribution in [1.82, 2.24) is 0 Å². The van der Waals surface area contributed by atoms with Crippen LogP contribution in [-0.4, -0.2) is 18.4 Å². The van der Waals surface area contributed by atoms with Crippen molar-refractivity contribution in [2.24, 2.45) is 0 Å². The predicted octanol–water partition coefficient (Wildman–Crippen LogP) is 3.70. The van der Waals surface area contributed by atoms with E-state index >= 15 is 0 Å². The molecule has 0 bridgehead atoms. The van der Waals surface area contributed by atoms with Gasteiger partial charge in [0.05, 0.1) is 6.61 Å². The topological polar surface area (TPSA) is 43.4 Å². The third-order valence-corrected chi connectivity index (χ3v) is 3.16. The molecule has 0 saturated heterocycles. The Hall–Kier alpha value is -1.64. The molecule has 0 unspecified atom stereocenters. The first-order chi connectivity index (χ1) is 9.72. The Bertz CT molecular complexity index is 398. The van der Waals surface area contributed by atoms with E-state index in [1.54, 1.807) is 6.92 Å². The Kier molecular flexibility index (Phi) is 8.36. The van der Waals surface area contributed by atoms with E-state index in [2.05, 4.69) is 12.1 Å². The summed E-state index contributed by atoms with van der Waals surface area (Å²) in [6.45, 7) is 2.23. The summed E-state index contributed by atoms with van der Waals surface area (Å²) < 4.78 is 4.84. The minimum absolute atomic E-state index is 0.163. The van der Waals surface area contributed by atoms with Crippen molar-refractivity contribution in [3.63, 3.8) is 0 Å². The van der Waals surface area contributed by atoms with E-state index in [1.165, 1.54) is 5.56 Å². The molecule has 110 valence electrons. The first-order valence-electron chi connectivity index (χ1n) is 7.43. The molecule has 0 aliphatic heterocycles. The second-order valence-electron chi connectivity index (χ2n) is 4.89. The summed E-state index contributed by atoms with van der Waals surface area (Å²) in [7, 11) is 0. The quantitative estimate of drug-likeness (QED) is 0.483. The number of ether oxygens (including phenoxy) is 1. The Morgan fingerprint density at radius 2 is 1.60 bits per heavy atom. The van der Waals surface area contributed by atoms with Crippen LogP contribution in [0.3, 0.4) is 0 Å². The van der Waals surface area contributed by atoms with Gasteiger partial charge in [-0.15, -0.1) is 0 Å². The van der Waals surface area contributed by atoms with Crippen LogP contribution in [0.1, 0.15) is 51.0 Å². The highest BCUT2D eigenvalue weighted by molar-refractivity contribution is 5.78. The van der Waals surface area contributed by atoms with Crippen LogP contribution in [0.25, 0.3) is 0 Å². The van der Waals surface area contributed by atoms with Crippen LogP contribution in [0.4, 0.5) is 0 Å². The molecule has 0 saturated carbocycles. The second-order valence-corrected chi connectivity index (χ2v) is 4.89. The molecule has 0 heterocycles. The van der Waals surface area contributed by atoms with Gasteiger partial charge in [0.2, 0.25) is 0 Å². The number of rotatable bonds is 10. The number of Topliss-reactive ketones (excluding diaryl/α,β-unsaturated/α-hetero) is 1. The summed E-state index contributed by atoms with van der Waals surface area (Å²) in [6, 6.07) is 10.2. The number of benzene rings is 1.